The number of halogens is 2. The van der Waals surface area contributed by atoms with Gasteiger partial charge < -0.3 is 10.2 Å². The minimum absolute atomic E-state index is 0.0743. The number of carbonyl (C=O) groups excluding carboxylic acids is 2. The van der Waals surface area contributed by atoms with Crippen molar-refractivity contribution in [1.29, 1.82) is 0 Å². The van der Waals surface area contributed by atoms with Crippen LogP contribution >= 0.6 is 11.6 Å². The van der Waals surface area contributed by atoms with Crippen molar-refractivity contribution in [2.75, 3.05) is 31.5 Å². The predicted octanol–water partition coefficient (Wildman–Crippen LogP) is 3.04. The summed E-state index contributed by atoms with van der Waals surface area (Å²) in [5.41, 5.74) is 0.852. The van der Waals surface area contributed by atoms with Gasteiger partial charge in [0.05, 0.1) is 5.69 Å². The quantitative estimate of drug-likeness (QED) is 0.501. The van der Waals surface area contributed by atoms with Gasteiger partial charge in [0, 0.05) is 32.2 Å². The molecule has 0 aliphatic carbocycles. The molecule has 0 aromatic heterocycles. The molecule has 0 spiro atoms. The summed E-state index contributed by atoms with van der Waals surface area (Å²) in [6, 6.07) is 10.8. The number of likely N-dealkylation sites (N-methyl/N-ethyl adjacent to an activating group) is 1. The Labute approximate surface area is 205 Å². The highest BCUT2D eigenvalue weighted by molar-refractivity contribution is 7.90. The van der Waals surface area contributed by atoms with Gasteiger partial charge in [-0.1, -0.05) is 30.7 Å². The second-order valence-corrected chi connectivity index (χ2v) is 10.2. The summed E-state index contributed by atoms with van der Waals surface area (Å²) in [4.78, 5) is 27.7. The molecule has 2 amide bonds. The third-order valence-corrected chi connectivity index (χ3v) is 7.21. The molecule has 0 aliphatic heterocycles. The average molecular weight is 513 g/mol. The lowest BCUT2D eigenvalue weighted by atomic mass is 10.1. The molecule has 2 rings (SSSR count). The molecule has 0 heterocycles. The van der Waals surface area contributed by atoms with Crippen LogP contribution < -0.4 is 9.62 Å². The smallest absolute Gasteiger partial charge is 0.304 e. The van der Waals surface area contributed by atoms with Gasteiger partial charge in [0.1, 0.15) is 18.4 Å². The summed E-state index contributed by atoms with van der Waals surface area (Å²) in [6.45, 7) is 3.43. The van der Waals surface area contributed by atoms with Crippen LogP contribution in [0.4, 0.5) is 10.1 Å². The van der Waals surface area contributed by atoms with Crippen molar-refractivity contribution in [1.82, 2.24) is 14.5 Å². The lowest BCUT2D eigenvalue weighted by Crippen LogP contribution is -2.53. The van der Waals surface area contributed by atoms with Crippen molar-refractivity contribution in [3.8, 4) is 0 Å². The number of nitrogens with zero attached hydrogens (tertiary/aromatic N) is 3. The number of benzene rings is 2. The standard InChI is InChI=1S/C23H30ClFN4O4S/c1-5-21(23(31)26-6-2)28(15-17-7-9-18(24)10-8-17)22(30)16-29(34(32,33)27(3)4)20-13-11-19(25)12-14-20/h7-14,21H,5-6,15-16H2,1-4H3,(H,26,31)/t21-/m0/s1. The van der Waals surface area contributed by atoms with Crippen LogP contribution in [0.15, 0.2) is 48.5 Å². The fourth-order valence-corrected chi connectivity index (χ4v) is 4.50. The first-order valence-corrected chi connectivity index (χ1v) is 12.6. The van der Waals surface area contributed by atoms with E-state index in [1.54, 1.807) is 38.1 Å². The Kier molecular flexibility index (Phi) is 9.84. The maximum absolute atomic E-state index is 13.6. The Morgan fingerprint density at radius 2 is 1.62 bits per heavy atom. The number of carbonyl (C=O) groups is 2. The van der Waals surface area contributed by atoms with Crippen LogP contribution in [0.3, 0.4) is 0 Å². The van der Waals surface area contributed by atoms with E-state index in [4.69, 9.17) is 11.6 Å². The summed E-state index contributed by atoms with van der Waals surface area (Å²) in [6.07, 6.45) is 0.322. The maximum Gasteiger partial charge on any atom is 0.304 e. The summed E-state index contributed by atoms with van der Waals surface area (Å²) in [5.74, 6) is -1.46. The van der Waals surface area contributed by atoms with Crippen molar-refractivity contribution in [2.24, 2.45) is 0 Å². The highest BCUT2D eigenvalue weighted by Crippen LogP contribution is 2.22. The first kappa shape index (κ1) is 27.6. The monoisotopic (exact) mass is 512 g/mol. The van der Waals surface area contributed by atoms with Gasteiger partial charge in [-0.3, -0.25) is 9.59 Å². The Balaban J connectivity index is 2.47. The number of hydrogen-bond acceptors (Lipinski definition) is 4. The largest absolute Gasteiger partial charge is 0.355 e. The number of rotatable bonds is 11. The normalized spacial score (nSPS) is 12.3. The van der Waals surface area contributed by atoms with Crippen molar-refractivity contribution >= 4 is 39.3 Å². The zero-order valence-corrected chi connectivity index (χ0v) is 21.2. The zero-order valence-electron chi connectivity index (χ0n) is 19.7. The van der Waals surface area contributed by atoms with E-state index in [2.05, 4.69) is 5.32 Å². The molecule has 186 valence electrons. The van der Waals surface area contributed by atoms with Gasteiger partial charge in [0.2, 0.25) is 11.8 Å². The summed E-state index contributed by atoms with van der Waals surface area (Å²) < 4.78 is 41.4. The second-order valence-electron chi connectivity index (χ2n) is 7.74. The van der Waals surface area contributed by atoms with Gasteiger partial charge in [0.15, 0.2) is 0 Å². The molecular weight excluding hydrogens is 483 g/mol. The minimum Gasteiger partial charge on any atom is -0.355 e. The molecule has 0 radical (unpaired) electrons. The van der Waals surface area contributed by atoms with E-state index < -0.39 is 34.5 Å². The highest BCUT2D eigenvalue weighted by Gasteiger charge is 2.33. The van der Waals surface area contributed by atoms with Gasteiger partial charge in [-0.15, -0.1) is 0 Å². The lowest BCUT2D eigenvalue weighted by molar-refractivity contribution is -0.140. The number of hydrogen-bond donors (Lipinski definition) is 1. The predicted molar refractivity (Wildman–Crippen MR) is 131 cm³/mol. The van der Waals surface area contributed by atoms with Crippen LogP contribution in [0.2, 0.25) is 5.02 Å². The van der Waals surface area contributed by atoms with Crippen LogP contribution in [-0.2, 0) is 26.3 Å². The van der Waals surface area contributed by atoms with Gasteiger partial charge in [-0.25, -0.2) is 8.70 Å². The molecule has 1 atom stereocenters. The van der Waals surface area contributed by atoms with E-state index in [1.807, 2.05) is 0 Å². The topological polar surface area (TPSA) is 90.0 Å². The molecule has 34 heavy (non-hydrogen) atoms. The van der Waals surface area contributed by atoms with E-state index in [9.17, 15) is 22.4 Å². The molecule has 2 aromatic carbocycles. The highest BCUT2D eigenvalue weighted by atomic mass is 35.5. The Hall–Kier alpha value is -2.69. The average Bonchev–Trinajstić information content (AvgIpc) is 2.79. The van der Waals surface area contributed by atoms with Crippen molar-refractivity contribution < 1.29 is 22.4 Å². The number of amides is 2. The van der Waals surface area contributed by atoms with E-state index in [-0.39, 0.29) is 18.1 Å². The molecule has 0 fully saturated rings. The molecule has 2 aromatic rings. The van der Waals surface area contributed by atoms with Crippen molar-refractivity contribution in [3.63, 3.8) is 0 Å². The summed E-state index contributed by atoms with van der Waals surface area (Å²) in [7, 11) is -1.42. The first-order valence-electron chi connectivity index (χ1n) is 10.8. The fourth-order valence-electron chi connectivity index (χ4n) is 3.32. The minimum atomic E-state index is -4.10. The first-order chi connectivity index (χ1) is 16.0. The molecule has 1 N–H and O–H groups in total. The third kappa shape index (κ3) is 6.91. The molecule has 0 aliphatic rings. The van der Waals surface area contributed by atoms with E-state index in [0.717, 1.165) is 26.3 Å². The van der Waals surface area contributed by atoms with Gasteiger partial charge in [-0.2, -0.15) is 12.7 Å². The summed E-state index contributed by atoms with van der Waals surface area (Å²) in [5, 5.41) is 3.26. The third-order valence-electron chi connectivity index (χ3n) is 5.14. The maximum atomic E-state index is 13.6. The van der Waals surface area contributed by atoms with E-state index >= 15 is 0 Å². The Bertz CT molecular complexity index is 1080. The lowest BCUT2D eigenvalue weighted by Gasteiger charge is -2.33. The molecule has 11 heteroatoms. The zero-order chi connectivity index (χ0) is 25.5. The Morgan fingerprint density at radius 3 is 2.12 bits per heavy atom. The molecule has 0 saturated heterocycles. The SMILES string of the molecule is CCNC(=O)[C@H](CC)N(Cc1ccc(Cl)cc1)C(=O)CN(c1ccc(F)cc1)S(=O)(=O)N(C)C. The van der Waals surface area contributed by atoms with E-state index in [0.29, 0.717) is 18.0 Å². The fraction of sp³-hybridized carbons (Fsp3) is 0.391. The van der Waals surface area contributed by atoms with Crippen LogP contribution in [0.25, 0.3) is 0 Å². The molecule has 0 saturated carbocycles. The second kappa shape index (κ2) is 12.1. The van der Waals surface area contributed by atoms with Crippen LogP contribution in [0.1, 0.15) is 25.8 Å². The van der Waals surface area contributed by atoms with Gasteiger partial charge >= 0.3 is 10.2 Å². The van der Waals surface area contributed by atoms with Crippen LogP contribution in [0, 0.1) is 5.82 Å². The van der Waals surface area contributed by atoms with Gasteiger partial charge in [0.25, 0.3) is 0 Å². The van der Waals surface area contributed by atoms with E-state index in [1.165, 1.54) is 31.1 Å². The van der Waals surface area contributed by atoms with Crippen molar-refractivity contribution in [2.45, 2.75) is 32.9 Å². The summed E-state index contributed by atoms with van der Waals surface area (Å²) >= 11 is 5.97. The molecule has 0 bridgehead atoms. The van der Waals surface area contributed by atoms with Crippen LogP contribution in [-0.4, -0.2) is 62.7 Å². The van der Waals surface area contributed by atoms with Crippen LogP contribution in [0.5, 0.6) is 0 Å². The number of nitrogens with one attached hydrogen (secondary N) is 1. The molecule has 0 unspecified atom stereocenters. The molecular formula is C23H30ClFN4O4S. The van der Waals surface area contributed by atoms with Crippen molar-refractivity contribution in [3.05, 3.63) is 64.9 Å². The van der Waals surface area contributed by atoms with Gasteiger partial charge in [-0.05, 0) is 55.3 Å². The Morgan fingerprint density at radius 1 is 1.03 bits per heavy atom. The molecule has 8 nitrogen and oxygen atoms in total. The number of anilines is 1.